The third-order valence-corrected chi connectivity index (χ3v) is 6.53. The van der Waals surface area contributed by atoms with E-state index in [-0.39, 0.29) is 23.3 Å². The standard InChI is InChI=1S/C19H28ClN5O3/c20-17-16(10-21-24-18(17)26)25-9-8-15(11-25)28-19(27)23-14-6-4-13(5-7-14)22-12-2-1-3-12/h10,12-15,22H,1-9,11H2,(H,23,27)(H,24,26)/t13?,14?,15-/m1/s1. The Hall–Kier alpha value is -1.80. The van der Waals surface area contributed by atoms with E-state index in [2.05, 4.69) is 20.8 Å². The maximum absolute atomic E-state index is 12.3. The normalized spacial score (nSPS) is 28.0. The van der Waals surface area contributed by atoms with Gasteiger partial charge in [-0.05, 0) is 38.5 Å². The molecule has 1 aromatic rings. The molecular formula is C19H28ClN5O3. The summed E-state index contributed by atoms with van der Waals surface area (Å²) >= 11 is 6.06. The average molecular weight is 410 g/mol. The van der Waals surface area contributed by atoms with Crippen molar-refractivity contribution < 1.29 is 9.53 Å². The fraction of sp³-hybridized carbons (Fsp3) is 0.737. The van der Waals surface area contributed by atoms with Crippen molar-refractivity contribution in [2.45, 2.75) is 75.6 Å². The SMILES string of the molecule is O=C(NC1CCC(NC2CCC2)CC1)O[C@@H]1CCN(c2cn[nH]c(=O)c2Cl)C1. The Balaban J connectivity index is 1.19. The van der Waals surface area contributed by atoms with Gasteiger partial charge in [0.15, 0.2) is 0 Å². The Bertz CT molecular complexity index is 745. The van der Waals surface area contributed by atoms with Crippen LogP contribution in [0.4, 0.5) is 10.5 Å². The van der Waals surface area contributed by atoms with Crippen LogP contribution in [0, 0.1) is 0 Å². The van der Waals surface area contributed by atoms with E-state index >= 15 is 0 Å². The minimum absolute atomic E-state index is 0.118. The van der Waals surface area contributed by atoms with Crippen LogP contribution in [0.25, 0.3) is 0 Å². The van der Waals surface area contributed by atoms with Crippen molar-refractivity contribution >= 4 is 23.4 Å². The van der Waals surface area contributed by atoms with E-state index in [9.17, 15) is 9.59 Å². The van der Waals surface area contributed by atoms with Gasteiger partial charge in [-0.15, -0.1) is 0 Å². The molecule has 0 radical (unpaired) electrons. The predicted octanol–water partition coefficient (Wildman–Crippen LogP) is 2.18. The Morgan fingerprint density at radius 1 is 1.14 bits per heavy atom. The smallest absolute Gasteiger partial charge is 0.407 e. The number of hydrogen-bond donors (Lipinski definition) is 3. The van der Waals surface area contributed by atoms with Gasteiger partial charge in [0.25, 0.3) is 5.56 Å². The highest BCUT2D eigenvalue weighted by atomic mass is 35.5. The lowest BCUT2D eigenvalue weighted by Gasteiger charge is -2.35. The van der Waals surface area contributed by atoms with E-state index in [0.29, 0.717) is 37.3 Å². The van der Waals surface area contributed by atoms with Crippen LogP contribution in [0.2, 0.25) is 5.02 Å². The minimum atomic E-state index is -0.413. The highest BCUT2D eigenvalue weighted by molar-refractivity contribution is 6.33. The quantitative estimate of drug-likeness (QED) is 0.689. The van der Waals surface area contributed by atoms with Gasteiger partial charge in [-0.3, -0.25) is 4.79 Å². The first-order chi connectivity index (χ1) is 13.6. The number of aromatic amines is 1. The van der Waals surface area contributed by atoms with Crippen molar-refractivity contribution in [2.24, 2.45) is 0 Å². The number of hydrogen-bond acceptors (Lipinski definition) is 6. The lowest BCUT2D eigenvalue weighted by molar-refractivity contribution is 0.102. The van der Waals surface area contributed by atoms with Gasteiger partial charge in [-0.2, -0.15) is 5.10 Å². The second-order valence-electron chi connectivity index (χ2n) is 8.15. The number of aromatic nitrogens is 2. The van der Waals surface area contributed by atoms with Crippen molar-refractivity contribution in [1.29, 1.82) is 0 Å². The first-order valence-electron chi connectivity index (χ1n) is 10.3. The molecule has 0 aromatic carbocycles. The zero-order valence-electron chi connectivity index (χ0n) is 16.0. The van der Waals surface area contributed by atoms with Crippen molar-refractivity contribution in [3.8, 4) is 0 Å². The fourth-order valence-corrected chi connectivity index (χ4v) is 4.51. The first-order valence-corrected chi connectivity index (χ1v) is 10.7. The molecule has 3 aliphatic rings. The maximum Gasteiger partial charge on any atom is 0.407 e. The molecule has 8 nitrogen and oxygen atoms in total. The number of alkyl carbamates (subject to hydrolysis) is 1. The summed E-state index contributed by atoms with van der Waals surface area (Å²) in [5, 5.41) is 13.0. The molecule has 154 valence electrons. The zero-order chi connectivity index (χ0) is 19.5. The Labute approximate surface area is 169 Å². The number of halogens is 1. The van der Waals surface area contributed by atoms with Crippen LogP contribution >= 0.6 is 11.6 Å². The molecule has 0 bridgehead atoms. The number of ether oxygens (including phenoxy) is 1. The van der Waals surface area contributed by atoms with Crippen LogP contribution in [0.3, 0.4) is 0 Å². The Morgan fingerprint density at radius 2 is 1.86 bits per heavy atom. The molecule has 2 saturated carbocycles. The van der Waals surface area contributed by atoms with Crippen molar-refractivity contribution in [2.75, 3.05) is 18.0 Å². The van der Waals surface area contributed by atoms with Gasteiger partial charge in [0.2, 0.25) is 0 Å². The molecule has 28 heavy (non-hydrogen) atoms. The number of anilines is 1. The van der Waals surface area contributed by atoms with E-state index in [1.807, 2.05) is 4.90 Å². The van der Waals surface area contributed by atoms with Gasteiger partial charge < -0.3 is 20.3 Å². The summed E-state index contributed by atoms with van der Waals surface area (Å²) in [4.78, 5) is 25.8. The molecule has 1 amide bonds. The predicted molar refractivity (Wildman–Crippen MR) is 107 cm³/mol. The van der Waals surface area contributed by atoms with E-state index < -0.39 is 5.56 Å². The van der Waals surface area contributed by atoms with Gasteiger partial charge in [0, 0.05) is 31.1 Å². The van der Waals surface area contributed by atoms with E-state index in [1.54, 1.807) is 0 Å². The molecule has 2 heterocycles. The molecule has 1 aromatic heterocycles. The fourth-order valence-electron chi connectivity index (χ4n) is 4.30. The molecule has 1 saturated heterocycles. The van der Waals surface area contributed by atoms with E-state index in [4.69, 9.17) is 16.3 Å². The molecule has 0 unspecified atom stereocenters. The summed E-state index contributed by atoms with van der Waals surface area (Å²) in [7, 11) is 0. The van der Waals surface area contributed by atoms with E-state index in [0.717, 1.165) is 25.7 Å². The molecule has 1 aliphatic heterocycles. The number of amides is 1. The van der Waals surface area contributed by atoms with E-state index in [1.165, 1.54) is 25.5 Å². The van der Waals surface area contributed by atoms with Crippen LogP contribution in [0.5, 0.6) is 0 Å². The number of nitrogens with zero attached hydrogens (tertiary/aromatic N) is 2. The van der Waals surface area contributed by atoms with Crippen molar-refractivity contribution in [1.82, 2.24) is 20.8 Å². The van der Waals surface area contributed by atoms with Crippen LogP contribution in [-0.4, -0.2) is 53.6 Å². The Morgan fingerprint density at radius 3 is 2.57 bits per heavy atom. The van der Waals surface area contributed by atoms with Crippen molar-refractivity contribution in [3.63, 3.8) is 0 Å². The topological polar surface area (TPSA) is 99.3 Å². The summed E-state index contributed by atoms with van der Waals surface area (Å²) in [6, 6.07) is 1.50. The summed E-state index contributed by atoms with van der Waals surface area (Å²) in [6.45, 7) is 1.18. The molecular weight excluding hydrogens is 382 g/mol. The number of nitrogens with one attached hydrogen (secondary N) is 3. The highest BCUT2D eigenvalue weighted by Gasteiger charge is 2.30. The molecule has 3 N–H and O–H groups in total. The molecule has 9 heteroatoms. The maximum atomic E-state index is 12.3. The van der Waals surface area contributed by atoms with Crippen LogP contribution in [0.1, 0.15) is 51.4 Å². The second kappa shape index (κ2) is 8.69. The average Bonchev–Trinajstić information content (AvgIpc) is 3.10. The van der Waals surface area contributed by atoms with Gasteiger partial charge in [0.1, 0.15) is 11.1 Å². The van der Waals surface area contributed by atoms with Gasteiger partial charge in [-0.25, -0.2) is 9.89 Å². The number of rotatable bonds is 5. The summed E-state index contributed by atoms with van der Waals surface area (Å²) < 4.78 is 5.60. The second-order valence-corrected chi connectivity index (χ2v) is 8.53. The van der Waals surface area contributed by atoms with Crippen LogP contribution in [0.15, 0.2) is 11.0 Å². The monoisotopic (exact) mass is 409 g/mol. The molecule has 4 rings (SSSR count). The number of carbonyl (C=O) groups is 1. The van der Waals surface area contributed by atoms with Crippen LogP contribution in [-0.2, 0) is 4.74 Å². The third kappa shape index (κ3) is 4.60. The lowest BCUT2D eigenvalue weighted by Crippen LogP contribution is -2.47. The van der Waals surface area contributed by atoms with Crippen LogP contribution < -0.4 is 21.1 Å². The minimum Gasteiger partial charge on any atom is -0.444 e. The number of H-pyrrole nitrogens is 1. The van der Waals surface area contributed by atoms with Gasteiger partial charge in [-0.1, -0.05) is 18.0 Å². The van der Waals surface area contributed by atoms with Crippen molar-refractivity contribution in [3.05, 3.63) is 21.6 Å². The molecule has 2 aliphatic carbocycles. The molecule has 3 fully saturated rings. The summed E-state index contributed by atoms with van der Waals surface area (Å²) in [6.07, 6.45) is 9.82. The number of carbonyl (C=O) groups excluding carboxylic acids is 1. The first kappa shape index (κ1) is 19.5. The zero-order valence-corrected chi connectivity index (χ0v) is 16.7. The third-order valence-electron chi connectivity index (χ3n) is 6.16. The largest absolute Gasteiger partial charge is 0.444 e. The highest BCUT2D eigenvalue weighted by Crippen LogP contribution is 2.26. The molecule has 1 atom stereocenters. The van der Waals surface area contributed by atoms with Gasteiger partial charge >= 0.3 is 6.09 Å². The molecule has 0 spiro atoms. The summed E-state index contributed by atoms with van der Waals surface area (Å²) in [5.41, 5.74) is 0.165. The Kier molecular flexibility index (Phi) is 6.06. The lowest BCUT2D eigenvalue weighted by atomic mass is 9.87. The summed E-state index contributed by atoms with van der Waals surface area (Å²) in [5.74, 6) is 0. The van der Waals surface area contributed by atoms with Gasteiger partial charge in [0.05, 0.1) is 18.4 Å².